The molecule has 5 nitrogen and oxygen atoms in total. The standard InChI is InChI=1S/C10H17NO4/c1-4-13-9(12)7-8-6(5-11-7)14-10(2,3)15-8/h6-8,11H,4-5H2,1-3H3. The Morgan fingerprint density at radius 3 is 2.93 bits per heavy atom. The van der Waals surface area contributed by atoms with E-state index in [1.54, 1.807) is 6.92 Å². The van der Waals surface area contributed by atoms with Gasteiger partial charge < -0.3 is 14.2 Å². The van der Waals surface area contributed by atoms with E-state index in [-0.39, 0.29) is 18.2 Å². The lowest BCUT2D eigenvalue weighted by Crippen LogP contribution is -2.42. The highest BCUT2D eigenvalue weighted by Crippen LogP contribution is 2.32. The summed E-state index contributed by atoms with van der Waals surface area (Å²) < 4.78 is 16.3. The second-order valence-electron chi connectivity index (χ2n) is 4.28. The number of hydrogen-bond donors (Lipinski definition) is 1. The van der Waals surface area contributed by atoms with Crippen molar-refractivity contribution in [3.05, 3.63) is 0 Å². The fourth-order valence-corrected chi connectivity index (χ4v) is 2.11. The molecule has 0 aromatic rings. The Morgan fingerprint density at radius 1 is 1.53 bits per heavy atom. The van der Waals surface area contributed by atoms with Crippen molar-refractivity contribution in [2.75, 3.05) is 13.2 Å². The van der Waals surface area contributed by atoms with E-state index < -0.39 is 11.8 Å². The average Bonchev–Trinajstić information content (AvgIpc) is 2.59. The summed E-state index contributed by atoms with van der Waals surface area (Å²) in [5.41, 5.74) is 0. The quantitative estimate of drug-likeness (QED) is 0.659. The zero-order chi connectivity index (χ0) is 11.1. The van der Waals surface area contributed by atoms with Gasteiger partial charge in [-0.2, -0.15) is 0 Å². The van der Waals surface area contributed by atoms with Gasteiger partial charge in [0.15, 0.2) is 5.79 Å². The zero-order valence-electron chi connectivity index (χ0n) is 9.28. The van der Waals surface area contributed by atoms with Gasteiger partial charge in [-0.15, -0.1) is 0 Å². The number of ether oxygens (including phenoxy) is 3. The van der Waals surface area contributed by atoms with Crippen molar-refractivity contribution in [1.29, 1.82) is 0 Å². The van der Waals surface area contributed by atoms with Gasteiger partial charge in [0.2, 0.25) is 0 Å². The molecule has 0 bridgehead atoms. The maximum absolute atomic E-state index is 11.6. The molecule has 0 amide bonds. The summed E-state index contributed by atoms with van der Waals surface area (Å²) in [6.07, 6.45) is -0.270. The fourth-order valence-electron chi connectivity index (χ4n) is 2.11. The molecule has 0 aromatic carbocycles. The first kappa shape index (κ1) is 10.9. The summed E-state index contributed by atoms with van der Waals surface area (Å²) in [5, 5.41) is 3.06. The van der Waals surface area contributed by atoms with E-state index in [1.165, 1.54) is 0 Å². The lowest BCUT2D eigenvalue weighted by Gasteiger charge is -2.21. The third-order valence-corrected chi connectivity index (χ3v) is 2.63. The second-order valence-corrected chi connectivity index (χ2v) is 4.28. The molecule has 15 heavy (non-hydrogen) atoms. The highest BCUT2D eigenvalue weighted by atomic mass is 16.8. The van der Waals surface area contributed by atoms with Gasteiger partial charge in [0, 0.05) is 6.54 Å². The molecule has 0 spiro atoms. The summed E-state index contributed by atoms with van der Waals surface area (Å²) in [5.74, 6) is -0.853. The molecule has 2 heterocycles. The Morgan fingerprint density at radius 2 is 2.27 bits per heavy atom. The first-order valence-electron chi connectivity index (χ1n) is 5.29. The van der Waals surface area contributed by atoms with Crippen LogP contribution in [0, 0.1) is 0 Å². The molecule has 2 saturated heterocycles. The third-order valence-electron chi connectivity index (χ3n) is 2.63. The number of esters is 1. The molecular formula is C10H17NO4. The SMILES string of the molecule is CCOC(=O)C1NCC2OC(C)(C)OC21. The first-order chi connectivity index (χ1) is 7.03. The minimum absolute atomic E-state index is 0.0468. The summed E-state index contributed by atoms with van der Waals surface area (Å²) in [7, 11) is 0. The molecule has 3 atom stereocenters. The molecule has 86 valence electrons. The molecule has 2 rings (SSSR count). The predicted octanol–water partition coefficient (Wildman–Crippen LogP) is 0.0414. The lowest BCUT2D eigenvalue weighted by molar-refractivity contribution is -0.163. The van der Waals surface area contributed by atoms with E-state index in [1.807, 2.05) is 13.8 Å². The molecule has 2 fully saturated rings. The molecule has 2 aliphatic heterocycles. The molecular weight excluding hydrogens is 198 g/mol. The summed E-state index contributed by atoms with van der Waals surface area (Å²) in [6, 6.07) is -0.392. The Hall–Kier alpha value is -0.650. The topological polar surface area (TPSA) is 56.8 Å². The van der Waals surface area contributed by atoms with Gasteiger partial charge in [0.05, 0.1) is 6.61 Å². The van der Waals surface area contributed by atoms with Crippen LogP contribution in [0.5, 0.6) is 0 Å². The van der Waals surface area contributed by atoms with Gasteiger partial charge in [0.25, 0.3) is 0 Å². The first-order valence-corrected chi connectivity index (χ1v) is 5.29. The maximum atomic E-state index is 11.6. The maximum Gasteiger partial charge on any atom is 0.325 e. The van der Waals surface area contributed by atoms with Crippen molar-refractivity contribution in [3.63, 3.8) is 0 Å². The molecule has 0 saturated carbocycles. The summed E-state index contributed by atoms with van der Waals surface area (Å²) in [6.45, 7) is 6.53. The lowest BCUT2D eigenvalue weighted by atomic mass is 10.1. The molecule has 0 radical (unpaired) electrons. The predicted molar refractivity (Wildman–Crippen MR) is 52.2 cm³/mol. The van der Waals surface area contributed by atoms with Gasteiger partial charge in [-0.1, -0.05) is 0 Å². The smallest absolute Gasteiger partial charge is 0.325 e. The number of nitrogens with one attached hydrogen (secondary N) is 1. The van der Waals surface area contributed by atoms with Crippen LogP contribution in [0.1, 0.15) is 20.8 Å². The van der Waals surface area contributed by atoms with Gasteiger partial charge in [-0.05, 0) is 20.8 Å². The Kier molecular flexibility index (Phi) is 2.70. The molecule has 5 heteroatoms. The minimum Gasteiger partial charge on any atom is -0.465 e. The van der Waals surface area contributed by atoms with Crippen LogP contribution in [0.15, 0.2) is 0 Å². The largest absolute Gasteiger partial charge is 0.465 e. The van der Waals surface area contributed by atoms with Crippen LogP contribution in [-0.4, -0.2) is 43.2 Å². The number of hydrogen-bond acceptors (Lipinski definition) is 5. The fraction of sp³-hybridized carbons (Fsp3) is 0.900. The second kappa shape index (κ2) is 3.73. The van der Waals surface area contributed by atoms with Crippen LogP contribution in [0.2, 0.25) is 0 Å². The highest BCUT2D eigenvalue weighted by molar-refractivity contribution is 5.77. The van der Waals surface area contributed by atoms with Crippen molar-refractivity contribution >= 4 is 5.97 Å². The van der Waals surface area contributed by atoms with Gasteiger partial charge in [-0.25, -0.2) is 0 Å². The third kappa shape index (κ3) is 2.00. The summed E-state index contributed by atoms with van der Waals surface area (Å²) in [4.78, 5) is 11.6. The molecule has 1 N–H and O–H groups in total. The number of carbonyl (C=O) groups is 1. The zero-order valence-corrected chi connectivity index (χ0v) is 9.28. The van der Waals surface area contributed by atoms with Crippen molar-refractivity contribution in [3.8, 4) is 0 Å². The summed E-state index contributed by atoms with van der Waals surface area (Å²) >= 11 is 0. The van der Waals surface area contributed by atoms with Crippen molar-refractivity contribution in [2.45, 2.75) is 44.8 Å². The van der Waals surface area contributed by atoms with Crippen molar-refractivity contribution < 1.29 is 19.0 Å². The van der Waals surface area contributed by atoms with Crippen LogP contribution < -0.4 is 5.32 Å². The van der Waals surface area contributed by atoms with E-state index in [9.17, 15) is 4.79 Å². The van der Waals surface area contributed by atoms with Crippen molar-refractivity contribution in [1.82, 2.24) is 5.32 Å². The van der Waals surface area contributed by atoms with Crippen LogP contribution in [-0.2, 0) is 19.0 Å². The molecule has 3 unspecified atom stereocenters. The van der Waals surface area contributed by atoms with Gasteiger partial charge >= 0.3 is 5.97 Å². The van der Waals surface area contributed by atoms with Crippen LogP contribution in [0.4, 0.5) is 0 Å². The van der Waals surface area contributed by atoms with E-state index >= 15 is 0 Å². The Labute approximate surface area is 89.1 Å². The van der Waals surface area contributed by atoms with E-state index in [4.69, 9.17) is 14.2 Å². The number of rotatable bonds is 2. The van der Waals surface area contributed by atoms with Crippen LogP contribution in [0.25, 0.3) is 0 Å². The molecule has 0 aromatic heterocycles. The minimum atomic E-state index is -0.595. The number of carbonyl (C=O) groups excluding carboxylic acids is 1. The number of fused-ring (bicyclic) bond motifs is 1. The Bertz CT molecular complexity index is 266. The van der Waals surface area contributed by atoms with E-state index in [0.717, 1.165) is 0 Å². The Balaban J connectivity index is 2.02. The average molecular weight is 215 g/mol. The van der Waals surface area contributed by atoms with E-state index in [0.29, 0.717) is 13.2 Å². The highest BCUT2D eigenvalue weighted by Gasteiger charge is 2.51. The molecule has 0 aliphatic carbocycles. The van der Waals surface area contributed by atoms with Crippen LogP contribution >= 0.6 is 0 Å². The van der Waals surface area contributed by atoms with Gasteiger partial charge in [0.1, 0.15) is 18.2 Å². The van der Waals surface area contributed by atoms with E-state index in [2.05, 4.69) is 5.32 Å². The normalized spacial score (nSPS) is 37.7. The van der Waals surface area contributed by atoms with Crippen molar-refractivity contribution in [2.24, 2.45) is 0 Å². The monoisotopic (exact) mass is 215 g/mol. The molecule has 2 aliphatic rings. The van der Waals surface area contributed by atoms with Gasteiger partial charge in [-0.3, -0.25) is 10.1 Å². The van der Waals surface area contributed by atoms with Crippen LogP contribution in [0.3, 0.4) is 0 Å².